The van der Waals surface area contributed by atoms with Crippen LogP contribution >= 0.6 is 11.6 Å². The molecule has 1 unspecified atom stereocenters. The van der Waals surface area contributed by atoms with Gasteiger partial charge in [0.1, 0.15) is 6.04 Å². The van der Waals surface area contributed by atoms with Gasteiger partial charge in [0.15, 0.2) is 0 Å². The van der Waals surface area contributed by atoms with Crippen molar-refractivity contribution in [3.63, 3.8) is 0 Å². The molecule has 1 heterocycles. The second-order valence-corrected chi connectivity index (χ2v) is 4.06. The molecule has 2 aromatic rings. The summed E-state index contributed by atoms with van der Waals surface area (Å²) in [5.41, 5.74) is 11.6. The van der Waals surface area contributed by atoms with Crippen LogP contribution in [0.1, 0.15) is 0 Å². The van der Waals surface area contributed by atoms with E-state index in [9.17, 15) is 4.79 Å². The van der Waals surface area contributed by atoms with Gasteiger partial charge in [0.2, 0.25) is 5.91 Å². The van der Waals surface area contributed by atoms with Crippen LogP contribution in [0.5, 0.6) is 0 Å². The van der Waals surface area contributed by atoms with Crippen LogP contribution in [0, 0.1) is 0 Å². The Morgan fingerprint density at radius 3 is 2.88 bits per heavy atom. The first kappa shape index (κ1) is 11.0. The van der Waals surface area contributed by atoms with Crippen LogP contribution in [0.15, 0.2) is 30.5 Å². The molecule has 0 saturated heterocycles. The maximum Gasteiger partial charge on any atom is 0.236 e. The molecule has 0 bridgehead atoms. The van der Waals surface area contributed by atoms with E-state index in [1.807, 2.05) is 29.0 Å². The van der Waals surface area contributed by atoms with E-state index in [0.29, 0.717) is 11.6 Å². The van der Waals surface area contributed by atoms with Gasteiger partial charge < -0.3 is 16.0 Å². The van der Waals surface area contributed by atoms with Gasteiger partial charge in [-0.1, -0.05) is 23.7 Å². The number of hydrogen-bond acceptors (Lipinski definition) is 2. The molecule has 0 aliphatic heterocycles. The molecule has 0 radical (unpaired) electrons. The molecule has 0 aliphatic carbocycles. The minimum absolute atomic E-state index is 0.336. The maximum absolute atomic E-state index is 10.9. The number of benzene rings is 1. The molecule has 2 rings (SSSR count). The largest absolute Gasteiger partial charge is 0.368 e. The van der Waals surface area contributed by atoms with Crippen molar-refractivity contribution in [2.75, 3.05) is 0 Å². The zero-order chi connectivity index (χ0) is 11.7. The predicted octanol–water partition coefficient (Wildman–Crippen LogP) is 1.11. The van der Waals surface area contributed by atoms with E-state index in [0.717, 1.165) is 10.9 Å². The van der Waals surface area contributed by atoms with Gasteiger partial charge in [-0.15, -0.1) is 0 Å². The van der Waals surface area contributed by atoms with Gasteiger partial charge in [-0.2, -0.15) is 0 Å². The average molecular weight is 238 g/mol. The molecule has 4 nitrogen and oxygen atoms in total. The lowest BCUT2D eigenvalue weighted by atomic mass is 10.2. The third-order valence-corrected chi connectivity index (χ3v) is 2.80. The number of primary amides is 1. The van der Waals surface area contributed by atoms with Crippen LogP contribution in [-0.2, 0) is 11.3 Å². The molecule has 0 fully saturated rings. The van der Waals surface area contributed by atoms with E-state index in [-0.39, 0.29) is 0 Å². The van der Waals surface area contributed by atoms with E-state index in [1.165, 1.54) is 0 Å². The molecular formula is C11H12ClN3O. The summed E-state index contributed by atoms with van der Waals surface area (Å²) in [6, 6.07) is 6.86. The second-order valence-electron chi connectivity index (χ2n) is 3.65. The number of aromatic nitrogens is 1. The van der Waals surface area contributed by atoms with Gasteiger partial charge in [-0.05, 0) is 12.1 Å². The SMILES string of the molecule is NC(=O)C(N)Cn1ccc2cccc(Cl)c21. The summed E-state index contributed by atoms with van der Waals surface area (Å²) in [4.78, 5) is 10.9. The fourth-order valence-corrected chi connectivity index (χ4v) is 1.96. The molecule has 4 N–H and O–H groups in total. The Kier molecular flexibility index (Phi) is 2.85. The first-order valence-electron chi connectivity index (χ1n) is 4.88. The number of halogens is 1. The predicted molar refractivity (Wildman–Crippen MR) is 64.1 cm³/mol. The van der Waals surface area contributed by atoms with Gasteiger partial charge in [0, 0.05) is 18.1 Å². The Morgan fingerprint density at radius 1 is 1.44 bits per heavy atom. The number of nitrogens with zero attached hydrogens (tertiary/aromatic N) is 1. The number of carbonyl (C=O) groups excluding carboxylic acids is 1. The summed E-state index contributed by atoms with van der Waals surface area (Å²) in [7, 11) is 0. The molecule has 1 aromatic carbocycles. The maximum atomic E-state index is 10.9. The number of nitrogens with two attached hydrogens (primary N) is 2. The average Bonchev–Trinajstić information content (AvgIpc) is 2.63. The van der Waals surface area contributed by atoms with Crippen LogP contribution in [0.3, 0.4) is 0 Å². The van der Waals surface area contributed by atoms with Crippen molar-refractivity contribution in [2.24, 2.45) is 11.5 Å². The van der Waals surface area contributed by atoms with Crippen molar-refractivity contribution >= 4 is 28.4 Å². The smallest absolute Gasteiger partial charge is 0.236 e. The number of para-hydroxylation sites is 1. The fourth-order valence-electron chi connectivity index (χ4n) is 1.67. The topological polar surface area (TPSA) is 74.0 Å². The summed E-state index contributed by atoms with van der Waals surface area (Å²) < 4.78 is 1.84. The van der Waals surface area contributed by atoms with Crippen LogP contribution in [0.2, 0.25) is 5.02 Å². The van der Waals surface area contributed by atoms with Crippen LogP contribution in [-0.4, -0.2) is 16.5 Å². The lowest BCUT2D eigenvalue weighted by Gasteiger charge is -2.10. The number of hydrogen-bond donors (Lipinski definition) is 2. The van der Waals surface area contributed by atoms with Gasteiger partial charge in [-0.25, -0.2) is 0 Å². The fraction of sp³-hybridized carbons (Fsp3) is 0.182. The Bertz CT molecular complexity index is 535. The number of rotatable bonds is 3. The van der Waals surface area contributed by atoms with Crippen LogP contribution in [0.25, 0.3) is 10.9 Å². The highest BCUT2D eigenvalue weighted by Crippen LogP contribution is 2.24. The zero-order valence-electron chi connectivity index (χ0n) is 8.56. The highest BCUT2D eigenvalue weighted by molar-refractivity contribution is 6.35. The molecule has 0 aliphatic rings. The molecule has 1 amide bonds. The molecule has 1 atom stereocenters. The molecule has 1 aromatic heterocycles. The summed E-state index contributed by atoms with van der Waals surface area (Å²) in [5.74, 6) is -0.520. The van der Waals surface area contributed by atoms with Crippen LogP contribution < -0.4 is 11.5 Å². The minimum atomic E-state index is -0.702. The van der Waals surface area contributed by atoms with E-state index < -0.39 is 11.9 Å². The van der Waals surface area contributed by atoms with E-state index in [2.05, 4.69) is 0 Å². The molecular weight excluding hydrogens is 226 g/mol. The number of fused-ring (bicyclic) bond motifs is 1. The Hall–Kier alpha value is -1.52. The molecule has 0 saturated carbocycles. The normalized spacial score (nSPS) is 12.9. The Labute approximate surface area is 97.8 Å². The summed E-state index contributed by atoms with van der Waals surface area (Å²) in [6.07, 6.45) is 1.85. The highest BCUT2D eigenvalue weighted by atomic mass is 35.5. The number of carbonyl (C=O) groups is 1. The third kappa shape index (κ3) is 1.89. The first-order valence-corrected chi connectivity index (χ1v) is 5.25. The lowest BCUT2D eigenvalue weighted by molar-refractivity contribution is -0.119. The van der Waals surface area contributed by atoms with E-state index in [1.54, 1.807) is 6.07 Å². The summed E-state index contributed by atoms with van der Waals surface area (Å²) in [6.45, 7) is 0.336. The van der Waals surface area contributed by atoms with Crippen molar-refractivity contribution in [3.05, 3.63) is 35.5 Å². The standard InChI is InChI=1S/C11H12ClN3O/c12-8-3-1-2-7-4-5-15(10(7)8)6-9(13)11(14)16/h1-5,9H,6,13H2,(H2,14,16). The third-order valence-electron chi connectivity index (χ3n) is 2.50. The van der Waals surface area contributed by atoms with Gasteiger partial charge in [0.25, 0.3) is 0 Å². The Morgan fingerprint density at radius 2 is 2.19 bits per heavy atom. The van der Waals surface area contributed by atoms with Crippen molar-refractivity contribution in [3.8, 4) is 0 Å². The van der Waals surface area contributed by atoms with Gasteiger partial charge in [-0.3, -0.25) is 4.79 Å². The quantitative estimate of drug-likeness (QED) is 0.839. The van der Waals surface area contributed by atoms with Crippen LogP contribution in [0.4, 0.5) is 0 Å². The summed E-state index contributed by atoms with van der Waals surface area (Å²) >= 11 is 6.09. The van der Waals surface area contributed by atoms with Gasteiger partial charge >= 0.3 is 0 Å². The first-order chi connectivity index (χ1) is 7.59. The molecule has 0 spiro atoms. The van der Waals surface area contributed by atoms with Crippen molar-refractivity contribution in [1.29, 1.82) is 0 Å². The molecule has 16 heavy (non-hydrogen) atoms. The van der Waals surface area contributed by atoms with Crippen molar-refractivity contribution < 1.29 is 4.79 Å². The van der Waals surface area contributed by atoms with E-state index in [4.69, 9.17) is 23.1 Å². The van der Waals surface area contributed by atoms with Gasteiger partial charge in [0.05, 0.1) is 10.5 Å². The lowest BCUT2D eigenvalue weighted by Crippen LogP contribution is -2.39. The number of amides is 1. The molecule has 84 valence electrons. The summed E-state index contributed by atoms with van der Waals surface area (Å²) in [5, 5.41) is 1.66. The minimum Gasteiger partial charge on any atom is -0.368 e. The second kappa shape index (κ2) is 4.15. The van der Waals surface area contributed by atoms with E-state index >= 15 is 0 Å². The van der Waals surface area contributed by atoms with Crippen molar-refractivity contribution in [2.45, 2.75) is 12.6 Å². The van der Waals surface area contributed by atoms with Crippen molar-refractivity contribution in [1.82, 2.24) is 4.57 Å². The highest BCUT2D eigenvalue weighted by Gasteiger charge is 2.12. The monoisotopic (exact) mass is 237 g/mol. The Balaban J connectivity index is 2.42. The zero-order valence-corrected chi connectivity index (χ0v) is 9.32. The molecule has 5 heteroatoms.